The molecule has 3 heterocycles. The average Bonchev–Trinajstić information content (AvgIpc) is 3.71. The quantitative estimate of drug-likeness (QED) is 0.212. The van der Waals surface area contributed by atoms with Crippen molar-refractivity contribution in [2.24, 2.45) is 7.05 Å². The van der Waals surface area contributed by atoms with Crippen molar-refractivity contribution in [2.75, 3.05) is 5.73 Å². The van der Waals surface area contributed by atoms with E-state index in [-0.39, 0.29) is 0 Å². The number of thiophene rings is 1. The second-order valence-electron chi connectivity index (χ2n) is 12.0. The van der Waals surface area contributed by atoms with Crippen LogP contribution < -0.4 is 5.73 Å². The van der Waals surface area contributed by atoms with Crippen LogP contribution in [0, 0.1) is 0 Å². The molecule has 0 saturated heterocycles. The Bertz CT molecular complexity index is 2680. The van der Waals surface area contributed by atoms with Crippen LogP contribution in [0.15, 0.2) is 133 Å². The summed E-state index contributed by atoms with van der Waals surface area (Å²) in [7, 11) is 2.15. The van der Waals surface area contributed by atoms with Crippen molar-refractivity contribution in [1.82, 2.24) is 9.13 Å². The molecule has 0 aliphatic heterocycles. The SMILES string of the molecule is C/C=C\c1sc2ccc(-n3c4ccccc4c4ccc(-c5cccc(-c6ccc7c(c6)c6ccccc6n7C)c5)cc43)cc2c1N. The van der Waals surface area contributed by atoms with E-state index in [1.165, 1.54) is 70.6 Å². The van der Waals surface area contributed by atoms with Crippen molar-refractivity contribution in [1.29, 1.82) is 0 Å². The normalized spacial score (nSPS) is 12.1. The van der Waals surface area contributed by atoms with Crippen LogP contribution in [0.2, 0.25) is 0 Å². The number of fused-ring (bicyclic) bond motifs is 7. The first-order valence-corrected chi connectivity index (χ1v) is 16.5. The van der Waals surface area contributed by atoms with Crippen molar-refractivity contribution in [3.63, 3.8) is 0 Å². The highest BCUT2D eigenvalue weighted by atomic mass is 32.1. The number of anilines is 1. The Morgan fingerprint density at radius 1 is 0.543 bits per heavy atom. The average molecular weight is 610 g/mol. The second-order valence-corrected chi connectivity index (χ2v) is 13.1. The topological polar surface area (TPSA) is 35.9 Å². The lowest BCUT2D eigenvalue weighted by Gasteiger charge is -2.11. The van der Waals surface area contributed by atoms with Gasteiger partial charge in [-0.2, -0.15) is 0 Å². The van der Waals surface area contributed by atoms with Gasteiger partial charge in [-0.05, 0) is 89.9 Å². The summed E-state index contributed by atoms with van der Waals surface area (Å²) in [6.07, 6.45) is 4.15. The number of nitrogens with two attached hydrogens (primary N) is 1. The predicted octanol–water partition coefficient (Wildman–Crippen LogP) is 11.6. The molecule has 220 valence electrons. The molecule has 0 aliphatic carbocycles. The third-order valence-electron chi connectivity index (χ3n) is 9.43. The van der Waals surface area contributed by atoms with Gasteiger partial charge in [0, 0.05) is 55.4 Å². The Morgan fingerprint density at radius 3 is 2.00 bits per heavy atom. The number of hydrogen-bond acceptors (Lipinski definition) is 2. The van der Waals surface area contributed by atoms with Crippen LogP contribution >= 0.6 is 11.3 Å². The van der Waals surface area contributed by atoms with Crippen LogP contribution in [0.5, 0.6) is 0 Å². The molecule has 46 heavy (non-hydrogen) atoms. The maximum atomic E-state index is 6.64. The first-order chi connectivity index (χ1) is 22.6. The molecule has 0 radical (unpaired) electrons. The Kier molecular flexibility index (Phi) is 5.96. The van der Waals surface area contributed by atoms with E-state index in [2.05, 4.69) is 150 Å². The van der Waals surface area contributed by atoms with Crippen LogP contribution in [0.4, 0.5) is 5.69 Å². The second kappa shape index (κ2) is 10.2. The van der Waals surface area contributed by atoms with E-state index in [9.17, 15) is 0 Å². The molecule has 3 aromatic heterocycles. The van der Waals surface area contributed by atoms with Crippen LogP contribution in [0.25, 0.3) is 87.7 Å². The molecule has 0 saturated carbocycles. The molecule has 2 N–H and O–H groups in total. The zero-order valence-corrected chi connectivity index (χ0v) is 26.5. The van der Waals surface area contributed by atoms with E-state index in [0.717, 1.165) is 21.6 Å². The van der Waals surface area contributed by atoms with Gasteiger partial charge in [-0.25, -0.2) is 0 Å². The van der Waals surface area contributed by atoms with Gasteiger partial charge in [0.2, 0.25) is 0 Å². The summed E-state index contributed by atoms with van der Waals surface area (Å²) in [5.74, 6) is 0. The fourth-order valence-electron chi connectivity index (χ4n) is 7.19. The molecule has 6 aromatic carbocycles. The summed E-state index contributed by atoms with van der Waals surface area (Å²) in [4.78, 5) is 1.11. The summed E-state index contributed by atoms with van der Waals surface area (Å²) in [5, 5.41) is 6.16. The van der Waals surface area contributed by atoms with Gasteiger partial charge in [0.15, 0.2) is 0 Å². The standard InChI is InChI=1S/C42H31N3S/c1-3-9-41-42(43)35-25-30(18-21-40(35)46-41)45-38-15-7-5-12-31(38)33-19-16-29(24-39(33)45)27-11-8-10-26(22-27)28-17-20-37-34(23-28)32-13-4-6-14-36(32)44(37)2/h3-25H,43H2,1-2H3/b9-3-. The zero-order valence-electron chi connectivity index (χ0n) is 25.7. The minimum absolute atomic E-state index is 0.847. The number of para-hydroxylation sites is 2. The van der Waals surface area contributed by atoms with Crippen LogP contribution in [-0.2, 0) is 7.05 Å². The number of rotatable bonds is 4. The van der Waals surface area contributed by atoms with Crippen LogP contribution in [0.1, 0.15) is 11.8 Å². The van der Waals surface area contributed by atoms with E-state index in [4.69, 9.17) is 5.73 Å². The lowest BCUT2D eigenvalue weighted by molar-refractivity contribution is 1.01. The van der Waals surface area contributed by atoms with Gasteiger partial charge in [-0.1, -0.05) is 78.9 Å². The molecule has 0 atom stereocenters. The Balaban J connectivity index is 1.20. The van der Waals surface area contributed by atoms with Gasteiger partial charge in [0.25, 0.3) is 0 Å². The van der Waals surface area contributed by atoms with Gasteiger partial charge >= 0.3 is 0 Å². The van der Waals surface area contributed by atoms with Gasteiger partial charge in [0.05, 0.1) is 21.6 Å². The Hall–Kier alpha value is -5.58. The monoisotopic (exact) mass is 609 g/mol. The minimum atomic E-state index is 0.847. The summed E-state index contributed by atoms with van der Waals surface area (Å²) in [6, 6.07) is 46.6. The Morgan fingerprint density at radius 2 is 1.20 bits per heavy atom. The molecule has 3 nitrogen and oxygen atoms in total. The van der Waals surface area contributed by atoms with Crippen molar-refractivity contribution >= 4 is 76.8 Å². The zero-order chi connectivity index (χ0) is 30.9. The molecule has 9 rings (SSSR count). The number of benzene rings is 6. The largest absolute Gasteiger partial charge is 0.397 e. The van der Waals surface area contributed by atoms with Crippen molar-refractivity contribution < 1.29 is 0 Å². The highest BCUT2D eigenvalue weighted by Crippen LogP contribution is 2.40. The van der Waals surface area contributed by atoms with E-state index in [1.54, 1.807) is 11.3 Å². The maximum absolute atomic E-state index is 6.64. The van der Waals surface area contributed by atoms with E-state index in [0.29, 0.717) is 0 Å². The number of allylic oxidation sites excluding steroid dienone is 1. The van der Waals surface area contributed by atoms with E-state index < -0.39 is 0 Å². The molecular formula is C42H31N3S. The number of aromatic nitrogens is 2. The fourth-order valence-corrected chi connectivity index (χ4v) is 8.27. The van der Waals surface area contributed by atoms with Crippen molar-refractivity contribution in [3.05, 3.63) is 138 Å². The van der Waals surface area contributed by atoms with Crippen molar-refractivity contribution in [3.8, 4) is 27.9 Å². The number of nitrogens with zero attached hydrogens (tertiary/aromatic N) is 2. The fraction of sp³-hybridized carbons (Fsp3) is 0.0476. The number of hydrogen-bond donors (Lipinski definition) is 1. The predicted molar refractivity (Wildman–Crippen MR) is 200 cm³/mol. The van der Waals surface area contributed by atoms with Crippen LogP contribution in [-0.4, -0.2) is 9.13 Å². The third kappa shape index (κ3) is 3.97. The summed E-state index contributed by atoms with van der Waals surface area (Å²) >= 11 is 1.74. The summed E-state index contributed by atoms with van der Waals surface area (Å²) < 4.78 is 5.87. The molecule has 0 fully saturated rings. The molecule has 0 unspecified atom stereocenters. The smallest absolute Gasteiger partial charge is 0.0577 e. The number of aryl methyl sites for hydroxylation is 1. The molecule has 9 aromatic rings. The lowest BCUT2D eigenvalue weighted by atomic mass is 9.97. The lowest BCUT2D eigenvalue weighted by Crippen LogP contribution is -1.94. The molecule has 0 amide bonds. The highest BCUT2D eigenvalue weighted by Gasteiger charge is 2.16. The first-order valence-electron chi connectivity index (χ1n) is 15.7. The van der Waals surface area contributed by atoms with E-state index in [1.807, 2.05) is 13.0 Å². The third-order valence-corrected chi connectivity index (χ3v) is 10.6. The van der Waals surface area contributed by atoms with Crippen molar-refractivity contribution in [2.45, 2.75) is 6.92 Å². The van der Waals surface area contributed by atoms with Gasteiger partial charge < -0.3 is 14.9 Å². The molecule has 0 spiro atoms. The van der Waals surface area contributed by atoms with Gasteiger partial charge in [-0.15, -0.1) is 11.3 Å². The molecular weight excluding hydrogens is 579 g/mol. The highest BCUT2D eigenvalue weighted by molar-refractivity contribution is 7.20. The molecule has 4 heteroatoms. The summed E-state index contributed by atoms with van der Waals surface area (Å²) in [6.45, 7) is 2.03. The number of nitrogen functional groups attached to an aromatic ring is 1. The van der Waals surface area contributed by atoms with Gasteiger partial charge in [-0.3, -0.25) is 0 Å². The molecule has 0 aliphatic rings. The van der Waals surface area contributed by atoms with E-state index >= 15 is 0 Å². The van der Waals surface area contributed by atoms with Gasteiger partial charge in [0.1, 0.15) is 0 Å². The minimum Gasteiger partial charge on any atom is -0.397 e. The molecule has 0 bridgehead atoms. The first kappa shape index (κ1) is 26.8. The Labute approximate surface area is 271 Å². The summed E-state index contributed by atoms with van der Waals surface area (Å²) in [5.41, 5.74) is 18.3. The van der Waals surface area contributed by atoms with Crippen LogP contribution in [0.3, 0.4) is 0 Å². The maximum Gasteiger partial charge on any atom is 0.0577 e.